The van der Waals surface area contributed by atoms with Crippen molar-refractivity contribution < 1.29 is 5.11 Å². The first-order chi connectivity index (χ1) is 10.2. The minimum absolute atomic E-state index is 0.298. The molecular weight excluding hydrogens is 262 g/mol. The van der Waals surface area contributed by atoms with Gasteiger partial charge in [-0.05, 0) is 24.1 Å². The summed E-state index contributed by atoms with van der Waals surface area (Å²) in [5.74, 6) is 0. The van der Waals surface area contributed by atoms with E-state index in [0.717, 1.165) is 16.6 Å². The predicted octanol–water partition coefficient (Wildman–Crippen LogP) is 1.97. The topological polar surface area (TPSA) is 64.1 Å². The number of benzene rings is 2. The maximum absolute atomic E-state index is 10.3. The number of nitrogens with two attached hydrogens (primary N) is 1. The maximum atomic E-state index is 10.3. The Balaban J connectivity index is 1.69. The van der Waals surface area contributed by atoms with Gasteiger partial charge >= 0.3 is 0 Å². The summed E-state index contributed by atoms with van der Waals surface area (Å²) in [5, 5.41) is 10.3. The Labute approximate surface area is 123 Å². The van der Waals surface area contributed by atoms with Gasteiger partial charge in [0.05, 0.1) is 30.0 Å². The van der Waals surface area contributed by atoms with Gasteiger partial charge in [0, 0.05) is 6.04 Å². The molecule has 0 saturated heterocycles. The summed E-state index contributed by atoms with van der Waals surface area (Å²) in [6, 6.07) is 17.6. The van der Waals surface area contributed by atoms with E-state index >= 15 is 0 Å². The van der Waals surface area contributed by atoms with Gasteiger partial charge in [-0.1, -0.05) is 42.5 Å². The minimum Gasteiger partial charge on any atom is -0.390 e. The van der Waals surface area contributed by atoms with Crippen molar-refractivity contribution in [2.75, 3.05) is 0 Å². The summed E-state index contributed by atoms with van der Waals surface area (Å²) >= 11 is 0. The Morgan fingerprint density at radius 2 is 1.76 bits per heavy atom. The number of hydrogen-bond acceptors (Lipinski definition) is 3. The lowest BCUT2D eigenvalue weighted by atomic mass is 10.0. The van der Waals surface area contributed by atoms with Crippen molar-refractivity contribution in [3.63, 3.8) is 0 Å². The normalized spacial score (nSPS) is 14.2. The highest BCUT2D eigenvalue weighted by Crippen LogP contribution is 2.13. The molecule has 108 valence electrons. The Morgan fingerprint density at radius 1 is 1.05 bits per heavy atom. The Kier molecular flexibility index (Phi) is 3.99. The number of hydrogen-bond donors (Lipinski definition) is 2. The van der Waals surface area contributed by atoms with Crippen molar-refractivity contribution in [2.45, 2.75) is 25.1 Å². The van der Waals surface area contributed by atoms with E-state index in [2.05, 4.69) is 4.98 Å². The zero-order valence-corrected chi connectivity index (χ0v) is 11.8. The number of aromatic nitrogens is 2. The average Bonchev–Trinajstić information content (AvgIpc) is 2.91. The lowest BCUT2D eigenvalue weighted by Gasteiger charge is -2.19. The molecule has 1 aromatic heterocycles. The van der Waals surface area contributed by atoms with Crippen LogP contribution in [0.25, 0.3) is 11.0 Å². The molecule has 2 unspecified atom stereocenters. The molecule has 0 fully saturated rings. The van der Waals surface area contributed by atoms with Crippen LogP contribution in [0.4, 0.5) is 0 Å². The smallest absolute Gasteiger partial charge is 0.0959 e. The second-order valence-electron chi connectivity index (χ2n) is 5.31. The number of nitrogens with zero attached hydrogens (tertiary/aromatic N) is 2. The van der Waals surface area contributed by atoms with Crippen molar-refractivity contribution in [2.24, 2.45) is 5.73 Å². The SMILES string of the molecule is NC(Cc1ccccc1)C(O)Cn1cnc2ccccc21. The lowest BCUT2D eigenvalue weighted by molar-refractivity contribution is 0.126. The van der Waals surface area contributed by atoms with Crippen LogP contribution in [-0.2, 0) is 13.0 Å². The van der Waals surface area contributed by atoms with Crippen LogP contribution in [0.3, 0.4) is 0 Å². The first kappa shape index (κ1) is 13.8. The van der Waals surface area contributed by atoms with Gasteiger partial charge in [-0.25, -0.2) is 4.98 Å². The molecule has 0 saturated carbocycles. The van der Waals surface area contributed by atoms with Gasteiger partial charge in [0.2, 0.25) is 0 Å². The molecule has 0 aliphatic carbocycles. The maximum Gasteiger partial charge on any atom is 0.0959 e. The number of fused-ring (bicyclic) bond motifs is 1. The molecule has 2 atom stereocenters. The van der Waals surface area contributed by atoms with Gasteiger partial charge in [-0.2, -0.15) is 0 Å². The third-order valence-electron chi connectivity index (χ3n) is 3.72. The van der Waals surface area contributed by atoms with Crippen molar-refractivity contribution in [1.29, 1.82) is 0 Å². The summed E-state index contributed by atoms with van der Waals surface area (Å²) in [4.78, 5) is 4.33. The molecule has 0 aliphatic rings. The number of aliphatic hydroxyl groups is 1. The number of imidazole rings is 1. The molecule has 4 nitrogen and oxygen atoms in total. The zero-order valence-electron chi connectivity index (χ0n) is 11.8. The summed E-state index contributed by atoms with van der Waals surface area (Å²) in [5.41, 5.74) is 9.21. The van der Waals surface area contributed by atoms with Crippen molar-refractivity contribution >= 4 is 11.0 Å². The zero-order chi connectivity index (χ0) is 14.7. The molecule has 0 spiro atoms. The summed E-state index contributed by atoms with van der Waals surface area (Å²) < 4.78 is 1.95. The van der Waals surface area contributed by atoms with Gasteiger partial charge in [0.15, 0.2) is 0 Å². The van der Waals surface area contributed by atoms with E-state index in [-0.39, 0.29) is 6.04 Å². The van der Waals surface area contributed by atoms with Crippen LogP contribution in [0, 0.1) is 0 Å². The molecule has 0 bridgehead atoms. The van der Waals surface area contributed by atoms with Crippen LogP contribution in [0.2, 0.25) is 0 Å². The standard InChI is InChI=1S/C17H19N3O/c18-14(10-13-6-2-1-3-7-13)17(21)11-20-12-19-15-8-4-5-9-16(15)20/h1-9,12,14,17,21H,10-11,18H2. The van der Waals surface area contributed by atoms with Crippen molar-refractivity contribution in [1.82, 2.24) is 9.55 Å². The second-order valence-corrected chi connectivity index (χ2v) is 5.31. The molecule has 0 radical (unpaired) electrons. The predicted molar refractivity (Wildman–Crippen MR) is 83.9 cm³/mol. The molecule has 21 heavy (non-hydrogen) atoms. The average molecular weight is 281 g/mol. The molecule has 3 N–H and O–H groups in total. The lowest BCUT2D eigenvalue weighted by Crippen LogP contribution is -2.39. The first-order valence-corrected chi connectivity index (χ1v) is 7.11. The minimum atomic E-state index is -0.609. The van der Waals surface area contributed by atoms with E-state index < -0.39 is 6.10 Å². The van der Waals surface area contributed by atoms with Gasteiger partial charge < -0.3 is 15.4 Å². The highest BCUT2D eigenvalue weighted by molar-refractivity contribution is 5.74. The van der Waals surface area contributed by atoms with E-state index in [0.29, 0.717) is 13.0 Å². The molecule has 0 aliphatic heterocycles. The van der Waals surface area contributed by atoms with Crippen molar-refractivity contribution in [3.05, 3.63) is 66.5 Å². The van der Waals surface area contributed by atoms with E-state index in [1.807, 2.05) is 59.2 Å². The summed E-state index contributed by atoms with van der Waals surface area (Å²) in [6.45, 7) is 0.453. The van der Waals surface area contributed by atoms with E-state index in [1.54, 1.807) is 6.33 Å². The Hall–Kier alpha value is -2.17. The van der Waals surface area contributed by atoms with E-state index in [4.69, 9.17) is 5.73 Å². The van der Waals surface area contributed by atoms with Crippen LogP contribution in [-0.4, -0.2) is 26.8 Å². The van der Waals surface area contributed by atoms with Gasteiger partial charge in [-0.15, -0.1) is 0 Å². The van der Waals surface area contributed by atoms with Crippen LogP contribution in [0.15, 0.2) is 60.9 Å². The molecule has 1 heterocycles. The largest absolute Gasteiger partial charge is 0.390 e. The van der Waals surface area contributed by atoms with Gasteiger partial charge in [-0.3, -0.25) is 0 Å². The van der Waals surface area contributed by atoms with Gasteiger partial charge in [0.1, 0.15) is 0 Å². The second kappa shape index (κ2) is 6.08. The molecule has 0 amide bonds. The fraction of sp³-hybridized carbons (Fsp3) is 0.235. The van der Waals surface area contributed by atoms with Crippen LogP contribution < -0.4 is 5.73 Å². The highest BCUT2D eigenvalue weighted by Gasteiger charge is 2.16. The van der Waals surface area contributed by atoms with Gasteiger partial charge in [0.25, 0.3) is 0 Å². The Bertz CT molecular complexity index is 708. The molecule has 4 heteroatoms. The third-order valence-corrected chi connectivity index (χ3v) is 3.72. The molecule has 2 aromatic carbocycles. The van der Waals surface area contributed by atoms with Crippen LogP contribution in [0.5, 0.6) is 0 Å². The fourth-order valence-corrected chi connectivity index (χ4v) is 2.52. The Morgan fingerprint density at radius 3 is 2.57 bits per heavy atom. The van der Waals surface area contributed by atoms with E-state index in [9.17, 15) is 5.11 Å². The highest BCUT2D eigenvalue weighted by atomic mass is 16.3. The number of para-hydroxylation sites is 2. The third kappa shape index (κ3) is 3.12. The summed E-state index contributed by atoms with van der Waals surface area (Å²) in [7, 11) is 0. The molecule has 3 rings (SSSR count). The van der Waals surface area contributed by atoms with Crippen molar-refractivity contribution in [3.8, 4) is 0 Å². The molecular formula is C17H19N3O. The van der Waals surface area contributed by atoms with Crippen LogP contribution in [0.1, 0.15) is 5.56 Å². The summed E-state index contributed by atoms with van der Waals surface area (Å²) in [6.07, 6.45) is 1.81. The number of aliphatic hydroxyl groups excluding tert-OH is 1. The molecule has 3 aromatic rings. The fourth-order valence-electron chi connectivity index (χ4n) is 2.52. The first-order valence-electron chi connectivity index (χ1n) is 7.11. The number of rotatable bonds is 5. The quantitative estimate of drug-likeness (QED) is 0.751. The van der Waals surface area contributed by atoms with Crippen LogP contribution >= 0.6 is 0 Å². The van der Waals surface area contributed by atoms with E-state index in [1.165, 1.54) is 0 Å². The monoisotopic (exact) mass is 281 g/mol.